The quantitative estimate of drug-likeness (QED) is 0.606. The van der Waals surface area contributed by atoms with E-state index in [-0.39, 0.29) is 34.0 Å². The number of fused-ring (bicyclic) bond motifs is 10. The van der Waals surface area contributed by atoms with Crippen molar-refractivity contribution in [3.63, 3.8) is 0 Å². The van der Waals surface area contributed by atoms with Crippen molar-refractivity contribution in [3.8, 4) is 0 Å². The van der Waals surface area contributed by atoms with Gasteiger partial charge in [-0.15, -0.1) is 34.0 Å². The molecule has 10 rings (SSSR count). The Morgan fingerprint density at radius 2 is 0.538 bits per heavy atom. The van der Waals surface area contributed by atoms with Gasteiger partial charge in [0.2, 0.25) is 0 Å². The second-order valence-corrected chi connectivity index (χ2v) is 41.9. The van der Waals surface area contributed by atoms with Gasteiger partial charge in [0.15, 0.2) is 0 Å². The molecule has 13 heavy (non-hydrogen) atoms. The SMILES string of the molecule is Br.Br.[CH]12[CH]3[CH]4[CH]5[CH]1[V]23451678[CH]2[CH]1[CH]6[CH]7[CH]28. The normalized spacial score (nSPS) is 145. The van der Waals surface area contributed by atoms with E-state index in [1.54, 1.807) is 46.3 Å². The summed E-state index contributed by atoms with van der Waals surface area (Å²) in [5.74, 6) is 0. The van der Waals surface area contributed by atoms with Crippen LogP contribution in [0.15, 0.2) is 0 Å². The van der Waals surface area contributed by atoms with E-state index < -0.39 is 7.25 Å². The molecular weight excluding hydrogens is 331 g/mol. The van der Waals surface area contributed by atoms with Gasteiger partial charge in [-0.1, -0.05) is 0 Å². The Morgan fingerprint density at radius 3 is 0.538 bits per heavy atom. The maximum atomic E-state index is 1.61. The van der Waals surface area contributed by atoms with E-state index in [9.17, 15) is 0 Å². The van der Waals surface area contributed by atoms with Gasteiger partial charge < -0.3 is 0 Å². The molecule has 0 atom stereocenters. The Balaban J connectivity index is 0.000000222. The summed E-state index contributed by atoms with van der Waals surface area (Å²) in [4.78, 5) is 0. The summed E-state index contributed by atoms with van der Waals surface area (Å²) in [7, 11) is -2.55. The van der Waals surface area contributed by atoms with Gasteiger partial charge in [0.25, 0.3) is 0 Å². The first kappa shape index (κ1) is 5.75. The first-order valence-corrected chi connectivity index (χ1v) is 14.0. The molecule has 71 valence electrons. The number of hydrogen-bond acceptors (Lipinski definition) is 0. The molecule has 0 amide bonds. The molecule has 0 aliphatic carbocycles. The zero-order valence-corrected chi connectivity index (χ0v) is 11.9. The van der Waals surface area contributed by atoms with Crippen LogP contribution in [0.3, 0.4) is 0 Å². The Labute approximate surface area is 86.8 Å². The van der Waals surface area contributed by atoms with Crippen LogP contribution >= 0.6 is 34.0 Å². The second-order valence-electron chi connectivity index (χ2n) is 11.6. The van der Waals surface area contributed by atoms with Gasteiger partial charge in [0.05, 0.1) is 0 Å². The molecule has 0 radical (unpaired) electrons. The molecule has 10 aliphatic heterocycles. The summed E-state index contributed by atoms with van der Waals surface area (Å²) in [6, 6.07) is 0. The van der Waals surface area contributed by atoms with Crippen molar-refractivity contribution in [2.75, 3.05) is 0 Å². The molecule has 10 saturated heterocycles. The summed E-state index contributed by atoms with van der Waals surface area (Å²) in [6.45, 7) is 0. The van der Waals surface area contributed by atoms with E-state index in [0.717, 1.165) is 0 Å². The Kier molecular flexibility index (Phi) is 0.161. The molecule has 0 aromatic carbocycles. The van der Waals surface area contributed by atoms with E-state index in [0.29, 0.717) is 0 Å². The van der Waals surface area contributed by atoms with Crippen molar-refractivity contribution in [1.82, 2.24) is 0 Å². The monoisotopic (exact) mass is 341 g/mol. The van der Waals surface area contributed by atoms with Gasteiger partial charge in [-0.25, -0.2) is 0 Å². The average molecular weight is 343 g/mol. The van der Waals surface area contributed by atoms with Crippen LogP contribution in [0.5, 0.6) is 0 Å². The summed E-state index contributed by atoms with van der Waals surface area (Å²) in [5, 5.41) is 0. The first-order chi connectivity index (χ1) is 5.16. The number of halogens is 2. The minimum absolute atomic E-state index is 0. The van der Waals surface area contributed by atoms with Crippen molar-refractivity contribution in [3.05, 3.63) is 0 Å². The third kappa shape index (κ3) is 0.0444. The van der Waals surface area contributed by atoms with Crippen LogP contribution in [0.1, 0.15) is 0 Å². The van der Waals surface area contributed by atoms with E-state index in [4.69, 9.17) is 0 Å². The fraction of sp³-hybridized carbons (Fsp3) is 1.00. The molecule has 0 aromatic heterocycles. The van der Waals surface area contributed by atoms with Gasteiger partial charge in [-0.05, 0) is 0 Å². The predicted molar refractivity (Wildman–Crippen MR) is 58.1 cm³/mol. The summed E-state index contributed by atoms with van der Waals surface area (Å²) < 4.78 is 16.1. The molecule has 3 heteroatoms. The fourth-order valence-corrected chi connectivity index (χ4v) is 122. The van der Waals surface area contributed by atoms with Crippen LogP contribution < -0.4 is 0 Å². The van der Waals surface area contributed by atoms with Gasteiger partial charge in [-0.3, -0.25) is 0 Å². The van der Waals surface area contributed by atoms with Crippen molar-refractivity contribution in [2.24, 2.45) is 0 Å². The zero-order chi connectivity index (χ0) is 6.09. The Hall–Kier alpha value is 1.54. The molecular formula is C10H12Br2V. The predicted octanol–water partition coefficient (Wildman–Crippen LogP) is 4.53. The molecule has 0 bridgehead atoms. The van der Waals surface area contributed by atoms with Crippen molar-refractivity contribution in [1.29, 1.82) is 0 Å². The molecule has 0 nitrogen and oxygen atoms in total. The number of rotatable bonds is 0. The van der Waals surface area contributed by atoms with E-state index in [2.05, 4.69) is 0 Å². The molecule has 10 heterocycles. The molecule has 10 fully saturated rings. The Morgan fingerprint density at radius 1 is 0.385 bits per heavy atom. The summed E-state index contributed by atoms with van der Waals surface area (Å²) in [5.41, 5.74) is 0. The molecule has 0 aromatic rings. The van der Waals surface area contributed by atoms with Crippen molar-refractivity contribution < 1.29 is 7.25 Å². The van der Waals surface area contributed by atoms with E-state index in [1.165, 1.54) is 0 Å². The molecule has 0 saturated carbocycles. The van der Waals surface area contributed by atoms with Crippen LogP contribution in [-0.2, 0) is 7.25 Å². The second kappa shape index (κ2) is 0.364. The van der Waals surface area contributed by atoms with Crippen LogP contribution in [0.4, 0.5) is 0 Å². The Bertz CT molecular complexity index is 580. The van der Waals surface area contributed by atoms with Crippen LogP contribution in [-0.4, -0.2) is 0 Å². The van der Waals surface area contributed by atoms with Gasteiger partial charge >= 0.3 is 53.5 Å². The van der Waals surface area contributed by atoms with Crippen LogP contribution in [0.25, 0.3) is 0 Å². The summed E-state index contributed by atoms with van der Waals surface area (Å²) in [6.07, 6.45) is 0. The maximum absolute atomic E-state index is 2.55. The van der Waals surface area contributed by atoms with Crippen LogP contribution in [0.2, 0.25) is 46.3 Å². The van der Waals surface area contributed by atoms with Gasteiger partial charge in [0, 0.05) is 0 Å². The molecule has 1 spiro atoms. The molecule has 0 unspecified atom stereocenters. The molecule has 10 aliphatic rings. The standard InChI is InChI=1S/2C5H5.2BrH.V/c2*1-2-4-5-3-1;;;/h2*1-5H;2*1H;. The third-order valence-electron chi connectivity index (χ3n) is 18.1. The minimum atomic E-state index is -2.55. The van der Waals surface area contributed by atoms with Gasteiger partial charge in [0.1, 0.15) is 0 Å². The first-order valence-electron chi connectivity index (χ1n) is 5.92. The average Bonchev–Trinajstić information content (AvgIpc) is 3.01. The van der Waals surface area contributed by atoms with Crippen LogP contribution in [0, 0.1) is 0 Å². The van der Waals surface area contributed by atoms with Gasteiger partial charge in [-0.2, -0.15) is 0 Å². The summed E-state index contributed by atoms with van der Waals surface area (Å²) >= 11 is 0. The zero-order valence-electron chi connectivity index (χ0n) is 7.04. The van der Waals surface area contributed by atoms with E-state index >= 15 is 0 Å². The fourth-order valence-electron chi connectivity index (χ4n) is 20.5. The topological polar surface area (TPSA) is 0 Å². The molecule has 0 N–H and O–H groups in total. The van der Waals surface area contributed by atoms with Crippen molar-refractivity contribution >= 4 is 34.0 Å². The number of hydrogen-bond donors (Lipinski definition) is 0. The third-order valence-corrected chi connectivity index (χ3v) is 71.1. The van der Waals surface area contributed by atoms with E-state index in [1.807, 2.05) is 0 Å². The van der Waals surface area contributed by atoms with Crippen molar-refractivity contribution in [2.45, 2.75) is 46.3 Å².